The molecule has 0 aliphatic carbocycles. The fourth-order valence-electron chi connectivity index (χ4n) is 3.34. The van der Waals surface area contributed by atoms with E-state index < -0.39 is 30.3 Å². The van der Waals surface area contributed by atoms with Gasteiger partial charge in [0, 0.05) is 25.0 Å². The molecule has 0 bridgehead atoms. The molecule has 0 saturated carbocycles. The molecule has 1 aliphatic rings. The molecular weight excluding hydrogens is 404 g/mol. The third kappa shape index (κ3) is 7.11. The van der Waals surface area contributed by atoms with Gasteiger partial charge in [0.1, 0.15) is 36.4 Å². The second-order valence-electron chi connectivity index (χ2n) is 7.28. The first-order valence-electron chi connectivity index (χ1n) is 9.94. The smallest absolute Gasteiger partial charge is 0.310 e. The maximum atomic E-state index is 12.2. The predicted octanol–water partition coefficient (Wildman–Crippen LogP) is 2.72. The number of carbonyl (C=O) groups excluding carboxylic acids is 2. The van der Waals surface area contributed by atoms with Gasteiger partial charge in [-0.1, -0.05) is 17.7 Å². The minimum absolute atomic E-state index is 0.00856. The molecule has 2 rings (SSSR count). The monoisotopic (exact) mass is 434 g/mol. The van der Waals surface area contributed by atoms with Crippen molar-refractivity contribution in [2.24, 2.45) is 0 Å². The van der Waals surface area contributed by atoms with E-state index in [0.717, 1.165) is 0 Å². The Hall–Kier alpha value is -2.84. The van der Waals surface area contributed by atoms with Crippen LogP contribution >= 0.6 is 0 Å². The summed E-state index contributed by atoms with van der Waals surface area (Å²) in [5.74, 6) is 0.293. The van der Waals surface area contributed by atoms with Gasteiger partial charge >= 0.3 is 11.9 Å². The summed E-state index contributed by atoms with van der Waals surface area (Å²) in [5.41, 5.74) is 1.31. The first-order valence-corrected chi connectivity index (χ1v) is 9.94. The first kappa shape index (κ1) is 24.4. The number of ether oxygens (including phenoxy) is 5. The second-order valence-corrected chi connectivity index (χ2v) is 7.28. The van der Waals surface area contributed by atoms with Gasteiger partial charge in [-0.3, -0.25) is 9.59 Å². The van der Waals surface area contributed by atoms with Gasteiger partial charge in [-0.2, -0.15) is 0 Å². The minimum Gasteiger partial charge on any atom is -0.497 e. The van der Waals surface area contributed by atoms with Gasteiger partial charge in [0.15, 0.2) is 0 Å². The predicted molar refractivity (Wildman–Crippen MR) is 113 cm³/mol. The highest BCUT2D eigenvalue weighted by Gasteiger charge is 2.40. The average Bonchev–Trinajstić information content (AvgIpc) is 3.14. The minimum atomic E-state index is -1.05. The molecule has 31 heavy (non-hydrogen) atoms. The molecule has 1 aromatic carbocycles. The van der Waals surface area contributed by atoms with Crippen molar-refractivity contribution in [1.82, 2.24) is 0 Å². The number of hydrogen-bond acceptors (Lipinski definition) is 8. The summed E-state index contributed by atoms with van der Waals surface area (Å²) in [6.45, 7) is 6.74. The highest BCUT2D eigenvalue weighted by molar-refractivity contribution is 5.72. The Labute approximate surface area is 182 Å². The lowest BCUT2D eigenvalue weighted by atomic mass is 10.0. The van der Waals surface area contributed by atoms with Crippen LogP contribution in [0.15, 0.2) is 42.5 Å². The standard InChI is InChI=1S/C23H30O8/c1-6-17-11-21(30-15(3)24)23(31-17)19(25)9-14(2)10-22(26)29-13-16-7-8-18(27-4)12-20(16)28-5/h6-9,12,17,19,21,23,25H,1,10-11,13H2,2-5H3/b14-9+/t17-,19-,21-,23-/m1/s1. The fraction of sp³-hybridized carbons (Fsp3) is 0.478. The number of aliphatic hydroxyl groups is 1. The topological polar surface area (TPSA) is 101 Å². The van der Waals surface area contributed by atoms with Gasteiger partial charge in [-0.15, -0.1) is 6.58 Å². The van der Waals surface area contributed by atoms with E-state index in [1.165, 1.54) is 20.1 Å². The van der Waals surface area contributed by atoms with Crippen LogP contribution < -0.4 is 9.47 Å². The van der Waals surface area contributed by atoms with Crippen LogP contribution in [0.25, 0.3) is 0 Å². The van der Waals surface area contributed by atoms with E-state index in [1.54, 1.807) is 38.3 Å². The molecule has 0 amide bonds. The molecule has 0 radical (unpaired) electrons. The Morgan fingerprint density at radius 2 is 2.03 bits per heavy atom. The molecule has 4 atom stereocenters. The van der Waals surface area contributed by atoms with Gasteiger partial charge in [0.2, 0.25) is 0 Å². The zero-order valence-corrected chi connectivity index (χ0v) is 18.3. The quantitative estimate of drug-likeness (QED) is 0.443. The van der Waals surface area contributed by atoms with Crippen LogP contribution in [-0.4, -0.2) is 55.7 Å². The van der Waals surface area contributed by atoms with Crippen LogP contribution in [-0.2, 0) is 30.4 Å². The van der Waals surface area contributed by atoms with Crippen LogP contribution in [0.3, 0.4) is 0 Å². The van der Waals surface area contributed by atoms with Crippen molar-refractivity contribution in [2.75, 3.05) is 14.2 Å². The molecule has 0 unspecified atom stereocenters. The first-order chi connectivity index (χ1) is 14.8. The van der Waals surface area contributed by atoms with Gasteiger partial charge in [0.25, 0.3) is 0 Å². The Morgan fingerprint density at radius 3 is 2.65 bits per heavy atom. The molecule has 0 spiro atoms. The Morgan fingerprint density at radius 1 is 1.29 bits per heavy atom. The molecule has 0 aromatic heterocycles. The number of methoxy groups -OCH3 is 2. The summed E-state index contributed by atoms with van der Waals surface area (Å²) in [7, 11) is 3.08. The summed E-state index contributed by atoms with van der Waals surface area (Å²) in [6, 6.07) is 5.23. The number of esters is 2. The van der Waals surface area contributed by atoms with Crippen molar-refractivity contribution in [3.63, 3.8) is 0 Å². The van der Waals surface area contributed by atoms with Crippen LogP contribution in [0, 0.1) is 0 Å². The molecule has 1 N–H and O–H groups in total. The number of hydrogen-bond donors (Lipinski definition) is 1. The number of carbonyl (C=O) groups is 2. The van der Waals surface area contributed by atoms with Gasteiger partial charge in [0.05, 0.1) is 26.7 Å². The van der Waals surface area contributed by atoms with E-state index in [1.807, 2.05) is 0 Å². The van der Waals surface area contributed by atoms with Crippen molar-refractivity contribution in [3.05, 3.63) is 48.1 Å². The van der Waals surface area contributed by atoms with E-state index in [0.29, 0.717) is 29.1 Å². The third-order valence-corrected chi connectivity index (χ3v) is 4.84. The van der Waals surface area contributed by atoms with Crippen LogP contribution in [0.1, 0.15) is 32.3 Å². The molecule has 1 aromatic rings. The lowest BCUT2D eigenvalue weighted by molar-refractivity contribution is -0.151. The van der Waals surface area contributed by atoms with Gasteiger partial charge < -0.3 is 28.8 Å². The van der Waals surface area contributed by atoms with E-state index in [4.69, 9.17) is 23.7 Å². The van der Waals surface area contributed by atoms with Crippen molar-refractivity contribution in [3.8, 4) is 11.5 Å². The maximum absolute atomic E-state index is 12.2. The normalized spacial score (nSPS) is 21.8. The third-order valence-electron chi connectivity index (χ3n) is 4.84. The fourth-order valence-corrected chi connectivity index (χ4v) is 3.34. The molecule has 1 saturated heterocycles. The van der Waals surface area contributed by atoms with Crippen molar-refractivity contribution < 1.29 is 38.4 Å². The van der Waals surface area contributed by atoms with E-state index in [9.17, 15) is 14.7 Å². The largest absolute Gasteiger partial charge is 0.497 e. The van der Waals surface area contributed by atoms with E-state index >= 15 is 0 Å². The van der Waals surface area contributed by atoms with Gasteiger partial charge in [-0.25, -0.2) is 0 Å². The number of benzene rings is 1. The zero-order chi connectivity index (χ0) is 23.0. The highest BCUT2D eigenvalue weighted by Crippen LogP contribution is 2.28. The summed E-state index contributed by atoms with van der Waals surface area (Å²) in [5, 5.41) is 10.5. The zero-order valence-electron chi connectivity index (χ0n) is 18.3. The summed E-state index contributed by atoms with van der Waals surface area (Å²) in [4.78, 5) is 23.6. The van der Waals surface area contributed by atoms with Crippen LogP contribution in [0.2, 0.25) is 0 Å². The molecule has 8 nitrogen and oxygen atoms in total. The molecular formula is C23H30O8. The van der Waals surface area contributed by atoms with Crippen molar-refractivity contribution in [2.45, 2.75) is 57.7 Å². The summed E-state index contributed by atoms with van der Waals surface area (Å²) >= 11 is 0. The van der Waals surface area contributed by atoms with E-state index in [-0.39, 0.29) is 19.1 Å². The SMILES string of the molecule is C=C[C@@H]1C[C@@H](OC(C)=O)[C@@H]([C@H](O)/C=C(\C)CC(=O)OCc2ccc(OC)cc2OC)O1. The van der Waals surface area contributed by atoms with Crippen LogP contribution in [0.5, 0.6) is 11.5 Å². The average molecular weight is 434 g/mol. The Balaban J connectivity index is 1.94. The van der Waals surface area contributed by atoms with Crippen LogP contribution in [0.4, 0.5) is 0 Å². The Kier molecular flexibility index (Phi) is 9.08. The molecule has 170 valence electrons. The molecule has 1 heterocycles. The molecule has 8 heteroatoms. The highest BCUT2D eigenvalue weighted by atomic mass is 16.6. The molecule has 1 aliphatic heterocycles. The lowest BCUT2D eigenvalue weighted by Gasteiger charge is -2.22. The number of aliphatic hydroxyl groups excluding tert-OH is 1. The molecule has 1 fully saturated rings. The summed E-state index contributed by atoms with van der Waals surface area (Å²) in [6.07, 6.45) is 0.836. The second kappa shape index (κ2) is 11.5. The lowest BCUT2D eigenvalue weighted by Crippen LogP contribution is -2.36. The van der Waals surface area contributed by atoms with Crippen molar-refractivity contribution >= 4 is 11.9 Å². The maximum Gasteiger partial charge on any atom is 0.310 e. The van der Waals surface area contributed by atoms with E-state index in [2.05, 4.69) is 6.58 Å². The van der Waals surface area contributed by atoms with Crippen molar-refractivity contribution in [1.29, 1.82) is 0 Å². The summed E-state index contributed by atoms with van der Waals surface area (Å²) < 4.78 is 26.7. The Bertz CT molecular complexity index is 816. The number of rotatable bonds is 10. The van der Waals surface area contributed by atoms with Gasteiger partial charge in [-0.05, 0) is 19.1 Å².